The van der Waals surface area contributed by atoms with Crippen LogP contribution in [-0.2, 0) is 22.5 Å². The van der Waals surface area contributed by atoms with Crippen LogP contribution in [0, 0.1) is 0 Å². The van der Waals surface area contributed by atoms with E-state index in [1.807, 2.05) is 54.6 Å². The molecule has 35 heavy (non-hydrogen) atoms. The van der Waals surface area contributed by atoms with Gasteiger partial charge in [-0.3, -0.25) is 9.69 Å². The molecule has 186 valence electrons. The second kappa shape index (κ2) is 13.1. The summed E-state index contributed by atoms with van der Waals surface area (Å²) in [5.41, 5.74) is 2.02. The third-order valence-corrected chi connectivity index (χ3v) is 6.32. The van der Waals surface area contributed by atoms with Gasteiger partial charge in [-0.05, 0) is 44.0 Å². The number of carbonyl (C=O) groups excluding carboxylic acids is 1. The predicted octanol–water partition coefficient (Wildman–Crippen LogP) is 4.47. The van der Waals surface area contributed by atoms with Crippen molar-refractivity contribution in [3.05, 3.63) is 72.2 Å². The highest BCUT2D eigenvalue weighted by Gasteiger charge is 2.18. The molecule has 1 fully saturated rings. The quantitative estimate of drug-likeness (QED) is 0.415. The summed E-state index contributed by atoms with van der Waals surface area (Å²) in [4.78, 5) is 19.0. The van der Waals surface area contributed by atoms with Crippen LogP contribution in [0.2, 0.25) is 0 Å². The number of amides is 1. The smallest absolute Gasteiger partial charge is 0.220 e. The first-order chi connectivity index (χ1) is 17.2. The zero-order chi connectivity index (χ0) is 24.3. The summed E-state index contributed by atoms with van der Waals surface area (Å²) in [5.74, 6) is 2.26. The molecule has 1 amide bonds. The molecular weight excluding hydrogens is 442 g/mol. The third kappa shape index (κ3) is 7.94. The lowest BCUT2D eigenvalue weighted by Crippen LogP contribution is -2.38. The van der Waals surface area contributed by atoms with E-state index in [0.717, 1.165) is 55.2 Å². The number of nitrogens with one attached hydrogen (secondary N) is 1. The van der Waals surface area contributed by atoms with Gasteiger partial charge in [0.25, 0.3) is 0 Å². The van der Waals surface area contributed by atoms with Crippen LogP contribution in [0.1, 0.15) is 37.1 Å². The van der Waals surface area contributed by atoms with Crippen molar-refractivity contribution in [1.29, 1.82) is 0 Å². The molecular formula is C28H35N3O4. The summed E-state index contributed by atoms with van der Waals surface area (Å²) in [6.45, 7) is 3.69. The molecule has 3 aromatic rings. The van der Waals surface area contributed by atoms with Crippen molar-refractivity contribution < 1.29 is 18.7 Å². The van der Waals surface area contributed by atoms with Crippen LogP contribution in [0.3, 0.4) is 0 Å². The summed E-state index contributed by atoms with van der Waals surface area (Å²) in [7, 11) is 2.15. The van der Waals surface area contributed by atoms with E-state index in [-0.39, 0.29) is 5.91 Å². The molecule has 0 saturated carbocycles. The summed E-state index contributed by atoms with van der Waals surface area (Å²) in [6.07, 6.45) is 5.65. The van der Waals surface area contributed by atoms with E-state index in [9.17, 15) is 4.79 Å². The van der Waals surface area contributed by atoms with Crippen molar-refractivity contribution in [3.8, 4) is 17.1 Å². The molecule has 0 unspecified atom stereocenters. The maximum atomic E-state index is 12.3. The van der Waals surface area contributed by atoms with E-state index in [4.69, 9.17) is 13.9 Å². The molecule has 0 bridgehead atoms. The van der Waals surface area contributed by atoms with Gasteiger partial charge in [0.2, 0.25) is 5.91 Å². The van der Waals surface area contributed by atoms with E-state index in [0.29, 0.717) is 44.3 Å². The van der Waals surface area contributed by atoms with Crippen LogP contribution in [0.5, 0.6) is 5.75 Å². The number of aromatic nitrogens is 1. The topological polar surface area (TPSA) is 76.8 Å². The lowest BCUT2D eigenvalue weighted by molar-refractivity contribution is -0.121. The summed E-state index contributed by atoms with van der Waals surface area (Å²) in [6, 6.07) is 18.4. The number of rotatable bonds is 12. The number of nitrogens with zero attached hydrogens (tertiary/aromatic N) is 2. The maximum Gasteiger partial charge on any atom is 0.220 e. The normalized spacial score (nSPS) is 14.2. The first-order valence-electron chi connectivity index (χ1n) is 12.4. The minimum absolute atomic E-state index is 0.0178. The average molecular weight is 478 g/mol. The van der Waals surface area contributed by atoms with Gasteiger partial charge in [-0.1, -0.05) is 42.5 Å². The summed E-state index contributed by atoms with van der Waals surface area (Å²) >= 11 is 0. The minimum atomic E-state index is 0.0178. The Labute approximate surface area is 207 Å². The van der Waals surface area contributed by atoms with Gasteiger partial charge in [-0.25, -0.2) is 4.98 Å². The number of aryl methyl sites for hydroxylation is 1. The van der Waals surface area contributed by atoms with Crippen molar-refractivity contribution in [2.45, 2.75) is 44.7 Å². The van der Waals surface area contributed by atoms with E-state index in [1.54, 1.807) is 6.20 Å². The monoisotopic (exact) mass is 477 g/mol. The van der Waals surface area contributed by atoms with Crippen LogP contribution in [0.25, 0.3) is 11.3 Å². The number of hydrogen-bond acceptors (Lipinski definition) is 6. The van der Waals surface area contributed by atoms with Crippen LogP contribution in [0.4, 0.5) is 0 Å². The van der Waals surface area contributed by atoms with Gasteiger partial charge >= 0.3 is 0 Å². The number of benzene rings is 2. The Balaban J connectivity index is 1.13. The van der Waals surface area contributed by atoms with Crippen molar-refractivity contribution in [2.75, 3.05) is 33.4 Å². The first-order valence-corrected chi connectivity index (χ1v) is 12.4. The zero-order valence-corrected chi connectivity index (χ0v) is 20.4. The SMILES string of the molecule is CN(CCOc1cccc(CNC(=O)CCCc2ncc(-c3ccccc3)o2)c1)C1CCOCC1. The Morgan fingerprint density at radius 1 is 1.14 bits per heavy atom. The van der Waals surface area contributed by atoms with Gasteiger partial charge in [-0.2, -0.15) is 0 Å². The molecule has 1 N–H and O–H groups in total. The largest absolute Gasteiger partial charge is 0.492 e. The number of likely N-dealkylation sites (N-methyl/N-ethyl adjacent to an activating group) is 1. The fourth-order valence-electron chi connectivity index (χ4n) is 4.21. The molecule has 1 aliphatic heterocycles. The molecule has 0 atom stereocenters. The van der Waals surface area contributed by atoms with Crippen LogP contribution < -0.4 is 10.1 Å². The molecule has 4 rings (SSSR count). The number of ether oxygens (including phenoxy) is 2. The molecule has 1 saturated heterocycles. The van der Waals surface area contributed by atoms with Crippen LogP contribution in [0.15, 0.2) is 65.2 Å². The Hall–Kier alpha value is -3.16. The lowest BCUT2D eigenvalue weighted by atomic mass is 10.1. The molecule has 7 nitrogen and oxygen atoms in total. The Morgan fingerprint density at radius 3 is 2.80 bits per heavy atom. The van der Waals surface area contributed by atoms with E-state index in [1.165, 1.54) is 0 Å². The van der Waals surface area contributed by atoms with Gasteiger partial charge in [-0.15, -0.1) is 0 Å². The van der Waals surface area contributed by atoms with E-state index in [2.05, 4.69) is 22.2 Å². The van der Waals surface area contributed by atoms with Crippen LogP contribution >= 0.6 is 0 Å². The van der Waals surface area contributed by atoms with Gasteiger partial charge < -0.3 is 19.2 Å². The highest BCUT2D eigenvalue weighted by atomic mass is 16.5. The number of carbonyl (C=O) groups is 1. The first kappa shape index (κ1) is 24.9. The summed E-state index contributed by atoms with van der Waals surface area (Å²) in [5, 5.41) is 3.00. The van der Waals surface area contributed by atoms with Gasteiger partial charge in [0.1, 0.15) is 12.4 Å². The van der Waals surface area contributed by atoms with E-state index < -0.39 is 0 Å². The molecule has 7 heteroatoms. The second-order valence-corrected chi connectivity index (χ2v) is 8.93. The maximum absolute atomic E-state index is 12.3. The molecule has 0 spiro atoms. The standard InChI is InChI=1S/C28H35N3O4/c1-31(24-13-16-33-17-14-24)15-18-34-25-10-5-7-22(19-25)20-29-27(32)11-6-12-28-30-21-26(35-28)23-8-3-2-4-9-23/h2-5,7-10,19,21,24H,6,11-18,20H2,1H3,(H,29,32). The van der Waals surface area contributed by atoms with Crippen molar-refractivity contribution in [1.82, 2.24) is 15.2 Å². The number of oxazole rings is 1. The fourth-order valence-corrected chi connectivity index (χ4v) is 4.21. The minimum Gasteiger partial charge on any atom is -0.492 e. The van der Waals surface area contributed by atoms with Crippen molar-refractivity contribution >= 4 is 5.91 Å². The molecule has 2 aromatic carbocycles. The fraction of sp³-hybridized carbons (Fsp3) is 0.429. The second-order valence-electron chi connectivity index (χ2n) is 8.93. The van der Waals surface area contributed by atoms with Crippen LogP contribution in [-0.4, -0.2) is 55.2 Å². The highest BCUT2D eigenvalue weighted by Crippen LogP contribution is 2.20. The van der Waals surface area contributed by atoms with Crippen molar-refractivity contribution in [3.63, 3.8) is 0 Å². The molecule has 2 heterocycles. The molecule has 1 aromatic heterocycles. The van der Waals surface area contributed by atoms with Gasteiger partial charge in [0.15, 0.2) is 11.7 Å². The Morgan fingerprint density at radius 2 is 1.97 bits per heavy atom. The van der Waals surface area contributed by atoms with Gasteiger partial charge in [0, 0.05) is 50.8 Å². The highest BCUT2D eigenvalue weighted by molar-refractivity contribution is 5.75. The van der Waals surface area contributed by atoms with Crippen molar-refractivity contribution in [2.24, 2.45) is 0 Å². The number of hydrogen-bond donors (Lipinski definition) is 1. The Kier molecular flexibility index (Phi) is 9.32. The third-order valence-electron chi connectivity index (χ3n) is 6.32. The van der Waals surface area contributed by atoms with Gasteiger partial charge in [0.05, 0.1) is 6.20 Å². The predicted molar refractivity (Wildman–Crippen MR) is 135 cm³/mol. The zero-order valence-electron chi connectivity index (χ0n) is 20.4. The Bertz CT molecular complexity index is 1050. The summed E-state index contributed by atoms with van der Waals surface area (Å²) < 4.78 is 17.2. The molecule has 0 radical (unpaired) electrons. The average Bonchev–Trinajstić information content (AvgIpc) is 3.38. The lowest BCUT2D eigenvalue weighted by Gasteiger charge is -2.31. The molecule has 1 aliphatic rings. The van der Waals surface area contributed by atoms with E-state index >= 15 is 0 Å². The molecule has 0 aliphatic carbocycles.